The maximum Gasteiger partial charge on any atom is 0.289 e. The number of hydrogen-bond acceptors (Lipinski definition) is 6. The molecule has 0 aliphatic rings. The number of benzene rings is 1. The first kappa shape index (κ1) is 17.1. The summed E-state index contributed by atoms with van der Waals surface area (Å²) in [6.45, 7) is 3.59. The quantitative estimate of drug-likeness (QED) is 0.731. The Morgan fingerprint density at radius 2 is 2.04 bits per heavy atom. The van der Waals surface area contributed by atoms with Gasteiger partial charge in [0.05, 0.1) is 11.7 Å². The number of carbonyl (C=O) groups is 1. The largest absolute Gasteiger partial charge is 0.443 e. The van der Waals surface area contributed by atoms with Gasteiger partial charge in [-0.2, -0.15) is 8.75 Å². The lowest BCUT2D eigenvalue weighted by Crippen LogP contribution is -2.25. The smallest absolute Gasteiger partial charge is 0.289 e. The summed E-state index contributed by atoms with van der Waals surface area (Å²) in [4.78, 5) is 14.0. The molecule has 0 bridgehead atoms. The van der Waals surface area contributed by atoms with E-state index in [9.17, 15) is 9.90 Å². The molecule has 0 atom stereocenters. The van der Waals surface area contributed by atoms with Crippen LogP contribution in [0.4, 0.5) is 0 Å². The standard InChI is InChI=1S/C18H17N3O3S/c1-18(2,23)9-8-13-5-7-16(24-13)17(22)21(3)11-12-4-6-14-15(10-12)20-25-19-14/h4-7,10,23H,11H2,1-3H3. The predicted octanol–water partition coefficient (Wildman–Crippen LogP) is 2.68. The highest BCUT2D eigenvalue weighted by atomic mass is 32.1. The summed E-state index contributed by atoms with van der Waals surface area (Å²) in [6, 6.07) is 8.94. The molecule has 1 amide bonds. The van der Waals surface area contributed by atoms with E-state index in [4.69, 9.17) is 4.42 Å². The highest BCUT2D eigenvalue weighted by molar-refractivity contribution is 7.00. The predicted molar refractivity (Wildman–Crippen MR) is 95.1 cm³/mol. The Balaban J connectivity index is 1.71. The van der Waals surface area contributed by atoms with Crippen molar-refractivity contribution in [2.45, 2.75) is 26.0 Å². The third kappa shape index (κ3) is 4.24. The summed E-state index contributed by atoms with van der Waals surface area (Å²) in [5.74, 6) is 5.67. The van der Waals surface area contributed by atoms with Crippen molar-refractivity contribution in [2.24, 2.45) is 0 Å². The van der Waals surface area contributed by atoms with Gasteiger partial charge in [-0.15, -0.1) is 0 Å². The van der Waals surface area contributed by atoms with Gasteiger partial charge in [-0.05, 0) is 49.6 Å². The highest BCUT2D eigenvalue weighted by Crippen LogP contribution is 2.16. The highest BCUT2D eigenvalue weighted by Gasteiger charge is 2.16. The molecular weight excluding hydrogens is 338 g/mol. The maximum absolute atomic E-state index is 12.5. The first-order valence-corrected chi connectivity index (χ1v) is 8.37. The minimum absolute atomic E-state index is 0.207. The third-order valence-corrected chi connectivity index (χ3v) is 3.95. The first-order chi connectivity index (χ1) is 11.8. The van der Waals surface area contributed by atoms with E-state index >= 15 is 0 Å². The van der Waals surface area contributed by atoms with Gasteiger partial charge in [-0.1, -0.05) is 12.0 Å². The number of rotatable bonds is 3. The van der Waals surface area contributed by atoms with E-state index in [2.05, 4.69) is 20.6 Å². The average molecular weight is 355 g/mol. The Hall–Kier alpha value is -2.69. The van der Waals surface area contributed by atoms with Gasteiger partial charge in [-0.25, -0.2) is 0 Å². The molecule has 0 aliphatic carbocycles. The molecule has 0 saturated carbocycles. The summed E-state index contributed by atoms with van der Waals surface area (Å²) in [6.07, 6.45) is 0. The van der Waals surface area contributed by atoms with Gasteiger partial charge in [0, 0.05) is 13.6 Å². The van der Waals surface area contributed by atoms with Crippen molar-refractivity contribution in [3.8, 4) is 11.8 Å². The SMILES string of the molecule is CN(Cc1ccc2nsnc2c1)C(=O)c1ccc(C#CC(C)(C)O)o1. The number of hydrogen-bond donors (Lipinski definition) is 1. The van der Waals surface area contributed by atoms with Crippen LogP contribution in [0.25, 0.3) is 11.0 Å². The van der Waals surface area contributed by atoms with Crippen LogP contribution in [-0.2, 0) is 6.54 Å². The van der Waals surface area contributed by atoms with Crippen LogP contribution in [0.2, 0.25) is 0 Å². The van der Waals surface area contributed by atoms with E-state index in [1.54, 1.807) is 37.9 Å². The van der Waals surface area contributed by atoms with Gasteiger partial charge in [0.15, 0.2) is 11.5 Å². The van der Waals surface area contributed by atoms with Crippen molar-refractivity contribution < 1.29 is 14.3 Å². The molecule has 0 saturated heterocycles. The first-order valence-electron chi connectivity index (χ1n) is 7.64. The molecule has 1 N–H and O–H groups in total. The zero-order valence-corrected chi connectivity index (χ0v) is 14.9. The Labute approximate surface area is 149 Å². The molecule has 7 heteroatoms. The van der Waals surface area contributed by atoms with Gasteiger partial charge >= 0.3 is 0 Å². The summed E-state index contributed by atoms with van der Waals surface area (Å²) < 4.78 is 13.8. The lowest BCUT2D eigenvalue weighted by Gasteiger charge is -2.15. The monoisotopic (exact) mass is 355 g/mol. The van der Waals surface area contributed by atoms with E-state index in [1.165, 1.54) is 11.7 Å². The van der Waals surface area contributed by atoms with Crippen molar-refractivity contribution in [3.63, 3.8) is 0 Å². The summed E-state index contributed by atoms with van der Waals surface area (Å²) in [5.41, 5.74) is 1.52. The molecule has 0 fully saturated rings. The van der Waals surface area contributed by atoms with Crippen LogP contribution in [0.1, 0.15) is 35.7 Å². The molecule has 0 radical (unpaired) electrons. The fraction of sp³-hybridized carbons (Fsp3) is 0.278. The molecule has 2 heterocycles. The van der Waals surface area contributed by atoms with Crippen LogP contribution >= 0.6 is 11.7 Å². The molecule has 0 spiro atoms. The topological polar surface area (TPSA) is 79.5 Å². The molecule has 6 nitrogen and oxygen atoms in total. The molecule has 1 aromatic carbocycles. The molecule has 0 unspecified atom stereocenters. The lowest BCUT2D eigenvalue weighted by molar-refractivity contribution is 0.0753. The Morgan fingerprint density at radius 3 is 2.80 bits per heavy atom. The van der Waals surface area contributed by atoms with E-state index in [0.29, 0.717) is 12.3 Å². The second kappa shape index (κ2) is 6.67. The molecule has 25 heavy (non-hydrogen) atoms. The van der Waals surface area contributed by atoms with E-state index in [0.717, 1.165) is 16.6 Å². The fourth-order valence-corrected chi connectivity index (χ4v) is 2.71. The molecular formula is C18H17N3O3S. The van der Waals surface area contributed by atoms with Crippen molar-refractivity contribution in [1.82, 2.24) is 13.6 Å². The number of fused-ring (bicyclic) bond motifs is 1. The molecule has 128 valence electrons. The van der Waals surface area contributed by atoms with Gasteiger partial charge in [0.25, 0.3) is 5.91 Å². The minimum Gasteiger partial charge on any atom is -0.443 e. The lowest BCUT2D eigenvalue weighted by atomic mass is 10.1. The van der Waals surface area contributed by atoms with Crippen molar-refractivity contribution in [1.29, 1.82) is 0 Å². The van der Waals surface area contributed by atoms with E-state index < -0.39 is 5.60 Å². The summed E-state index contributed by atoms with van der Waals surface area (Å²) >= 11 is 1.17. The van der Waals surface area contributed by atoms with E-state index in [-0.39, 0.29) is 11.7 Å². The van der Waals surface area contributed by atoms with Crippen LogP contribution in [0.15, 0.2) is 34.7 Å². The van der Waals surface area contributed by atoms with Crippen molar-refractivity contribution in [3.05, 3.63) is 47.4 Å². The number of amides is 1. The number of nitrogens with zero attached hydrogens (tertiary/aromatic N) is 3. The molecule has 3 aromatic rings. The normalized spacial score (nSPS) is 11.2. The Morgan fingerprint density at radius 1 is 1.28 bits per heavy atom. The summed E-state index contributed by atoms with van der Waals surface area (Å²) in [7, 11) is 1.70. The van der Waals surface area contributed by atoms with E-state index in [1.807, 2.05) is 18.2 Å². The number of furan rings is 1. The van der Waals surface area contributed by atoms with Crippen LogP contribution < -0.4 is 0 Å². The number of aliphatic hydroxyl groups is 1. The average Bonchev–Trinajstić information content (AvgIpc) is 3.20. The van der Waals surface area contributed by atoms with Crippen molar-refractivity contribution in [2.75, 3.05) is 7.05 Å². The Bertz CT molecular complexity index is 973. The molecule has 3 rings (SSSR count). The number of carbonyl (C=O) groups excluding carboxylic acids is 1. The van der Waals surface area contributed by atoms with Gasteiger partial charge in [-0.3, -0.25) is 4.79 Å². The zero-order valence-electron chi connectivity index (χ0n) is 14.1. The van der Waals surface area contributed by atoms with Crippen LogP contribution in [0.3, 0.4) is 0 Å². The molecule has 0 aliphatic heterocycles. The molecule has 2 aromatic heterocycles. The van der Waals surface area contributed by atoms with Gasteiger partial charge in [0.2, 0.25) is 0 Å². The van der Waals surface area contributed by atoms with Crippen LogP contribution in [0.5, 0.6) is 0 Å². The fourth-order valence-electron chi connectivity index (χ4n) is 2.19. The van der Waals surface area contributed by atoms with Crippen LogP contribution in [-0.4, -0.2) is 37.3 Å². The minimum atomic E-state index is -1.11. The third-order valence-electron chi connectivity index (χ3n) is 3.39. The van der Waals surface area contributed by atoms with Gasteiger partial charge in [0.1, 0.15) is 16.6 Å². The second-order valence-electron chi connectivity index (χ2n) is 6.22. The number of aromatic nitrogens is 2. The van der Waals surface area contributed by atoms with Crippen molar-refractivity contribution >= 4 is 28.7 Å². The Kier molecular flexibility index (Phi) is 4.57. The zero-order chi connectivity index (χ0) is 18.0. The summed E-state index contributed by atoms with van der Waals surface area (Å²) in [5, 5.41) is 9.61. The maximum atomic E-state index is 12.5. The van der Waals surface area contributed by atoms with Gasteiger partial charge < -0.3 is 14.4 Å². The van der Waals surface area contributed by atoms with Crippen LogP contribution in [0, 0.1) is 11.8 Å². The second-order valence-corrected chi connectivity index (χ2v) is 6.75.